The lowest BCUT2D eigenvalue weighted by atomic mass is 10.1. The van der Waals surface area contributed by atoms with Crippen LogP contribution in [0.3, 0.4) is 0 Å². The second-order valence-corrected chi connectivity index (χ2v) is 5.49. The Morgan fingerprint density at radius 3 is 2.60 bits per heavy atom. The number of aryl methyl sites for hydroxylation is 1. The zero-order chi connectivity index (χ0) is 18.2. The number of carbonyl (C=O) groups is 1. The van der Waals surface area contributed by atoms with Crippen LogP contribution in [0.25, 0.3) is 0 Å². The molecule has 0 saturated carbocycles. The van der Waals surface area contributed by atoms with Crippen molar-refractivity contribution in [1.29, 1.82) is 0 Å². The summed E-state index contributed by atoms with van der Waals surface area (Å²) in [5, 5.41) is 3.86. The molecule has 0 spiro atoms. The van der Waals surface area contributed by atoms with Gasteiger partial charge in [0.15, 0.2) is 0 Å². The van der Waals surface area contributed by atoms with E-state index < -0.39 is 18.0 Å². The molecule has 10 heteroatoms. The Labute approximate surface area is 139 Å². The van der Waals surface area contributed by atoms with Gasteiger partial charge in [0.05, 0.1) is 13.1 Å². The molecule has 0 bridgehead atoms. The van der Waals surface area contributed by atoms with E-state index in [2.05, 4.69) is 10.1 Å². The summed E-state index contributed by atoms with van der Waals surface area (Å²) >= 11 is 0. The number of hydrogen-bond donors (Lipinski definition) is 0. The average Bonchev–Trinajstić information content (AvgIpc) is 2.52. The number of halogens is 3. The van der Waals surface area contributed by atoms with E-state index in [0.717, 1.165) is 10.7 Å². The molecule has 1 amide bonds. The number of pyridine rings is 1. The van der Waals surface area contributed by atoms with Gasteiger partial charge in [-0.05, 0) is 12.1 Å². The molecular formula is C15H13F3N4O3. The number of carbonyl (C=O) groups excluding carboxylic acids is 1. The van der Waals surface area contributed by atoms with Crippen molar-refractivity contribution in [3.63, 3.8) is 0 Å². The number of ether oxygens (including phenoxy) is 1. The highest BCUT2D eigenvalue weighted by molar-refractivity contribution is 5.92. The third kappa shape index (κ3) is 3.62. The van der Waals surface area contributed by atoms with Gasteiger partial charge >= 0.3 is 6.18 Å². The first-order valence-corrected chi connectivity index (χ1v) is 7.28. The average molecular weight is 354 g/mol. The van der Waals surface area contributed by atoms with E-state index in [1.54, 1.807) is 0 Å². The van der Waals surface area contributed by atoms with Gasteiger partial charge in [-0.3, -0.25) is 9.59 Å². The molecule has 1 aliphatic rings. The normalized spacial score (nSPS) is 15.0. The Hall–Kier alpha value is -2.91. The number of rotatable bonds is 3. The Balaban J connectivity index is 1.60. The second kappa shape index (κ2) is 6.19. The smallest absolute Gasteiger partial charge is 0.433 e. The summed E-state index contributed by atoms with van der Waals surface area (Å²) in [6.07, 6.45) is -5.00. The fourth-order valence-corrected chi connectivity index (χ4v) is 2.27. The first-order valence-electron chi connectivity index (χ1n) is 7.28. The fourth-order valence-electron chi connectivity index (χ4n) is 2.27. The first-order chi connectivity index (χ1) is 11.7. The highest BCUT2D eigenvalue weighted by Gasteiger charge is 2.35. The predicted octanol–water partition coefficient (Wildman–Crippen LogP) is 1.10. The van der Waals surface area contributed by atoms with Gasteiger partial charge in [0.2, 0.25) is 5.88 Å². The summed E-state index contributed by atoms with van der Waals surface area (Å²) in [7, 11) is 1.43. The summed E-state index contributed by atoms with van der Waals surface area (Å²) < 4.78 is 44.3. The molecule has 25 heavy (non-hydrogen) atoms. The maximum absolute atomic E-state index is 12.6. The molecule has 3 rings (SSSR count). The number of hydrogen-bond acceptors (Lipinski definition) is 5. The van der Waals surface area contributed by atoms with Gasteiger partial charge in [-0.1, -0.05) is 6.07 Å². The van der Waals surface area contributed by atoms with Gasteiger partial charge in [0.1, 0.15) is 17.5 Å². The van der Waals surface area contributed by atoms with Crippen LogP contribution in [0.15, 0.2) is 35.1 Å². The SMILES string of the molecule is Cn1nc(C(=O)N2CC(Oc3cccc(C(F)(F)F)n3)C2)ccc1=O. The third-order valence-corrected chi connectivity index (χ3v) is 3.62. The maximum Gasteiger partial charge on any atom is 0.433 e. The van der Waals surface area contributed by atoms with Crippen LogP contribution in [0.5, 0.6) is 5.88 Å². The molecule has 0 radical (unpaired) electrons. The lowest BCUT2D eigenvalue weighted by Gasteiger charge is -2.38. The summed E-state index contributed by atoms with van der Waals surface area (Å²) in [6.45, 7) is 0.391. The molecule has 0 atom stereocenters. The third-order valence-electron chi connectivity index (χ3n) is 3.62. The lowest BCUT2D eigenvalue weighted by Crippen LogP contribution is -2.56. The molecule has 1 saturated heterocycles. The quantitative estimate of drug-likeness (QED) is 0.825. The molecular weight excluding hydrogens is 341 g/mol. The van der Waals surface area contributed by atoms with Gasteiger partial charge in [-0.2, -0.15) is 18.3 Å². The van der Waals surface area contributed by atoms with E-state index in [0.29, 0.717) is 0 Å². The zero-order valence-electron chi connectivity index (χ0n) is 13.0. The number of amides is 1. The second-order valence-electron chi connectivity index (χ2n) is 5.49. The van der Waals surface area contributed by atoms with Gasteiger partial charge in [0.25, 0.3) is 11.5 Å². The van der Waals surface area contributed by atoms with E-state index >= 15 is 0 Å². The minimum atomic E-state index is -4.55. The molecule has 1 aliphatic heterocycles. The van der Waals surface area contributed by atoms with Crippen molar-refractivity contribution in [3.05, 3.63) is 52.1 Å². The molecule has 2 aromatic heterocycles. The van der Waals surface area contributed by atoms with Crippen LogP contribution in [0.4, 0.5) is 13.2 Å². The molecule has 7 nitrogen and oxygen atoms in total. The molecule has 3 heterocycles. The van der Waals surface area contributed by atoms with Crippen LogP contribution in [-0.4, -0.2) is 44.8 Å². The van der Waals surface area contributed by atoms with Crippen LogP contribution >= 0.6 is 0 Å². The minimum absolute atomic E-state index is 0.109. The monoisotopic (exact) mass is 354 g/mol. The van der Waals surface area contributed by atoms with Crippen molar-refractivity contribution < 1.29 is 22.7 Å². The number of likely N-dealkylation sites (tertiary alicyclic amines) is 1. The fraction of sp³-hybridized carbons (Fsp3) is 0.333. The zero-order valence-corrected chi connectivity index (χ0v) is 13.0. The van der Waals surface area contributed by atoms with Crippen molar-refractivity contribution in [2.45, 2.75) is 12.3 Å². The molecule has 132 valence electrons. The van der Waals surface area contributed by atoms with Crippen molar-refractivity contribution in [3.8, 4) is 5.88 Å². The largest absolute Gasteiger partial charge is 0.471 e. The highest BCUT2D eigenvalue weighted by atomic mass is 19.4. The summed E-state index contributed by atoms with van der Waals surface area (Å²) in [4.78, 5) is 28.3. The van der Waals surface area contributed by atoms with Crippen LogP contribution in [-0.2, 0) is 13.2 Å². The van der Waals surface area contributed by atoms with Gasteiger partial charge in [-0.25, -0.2) is 9.67 Å². The van der Waals surface area contributed by atoms with Crippen LogP contribution in [0.2, 0.25) is 0 Å². The molecule has 0 unspecified atom stereocenters. The Morgan fingerprint density at radius 1 is 1.24 bits per heavy atom. The van der Waals surface area contributed by atoms with E-state index in [1.165, 1.54) is 36.2 Å². The Bertz CT molecular complexity index is 860. The van der Waals surface area contributed by atoms with Crippen molar-refractivity contribution in [2.24, 2.45) is 7.05 Å². The summed E-state index contributed by atoms with van der Waals surface area (Å²) in [6, 6.07) is 5.96. The van der Waals surface area contributed by atoms with Gasteiger partial charge < -0.3 is 9.64 Å². The first kappa shape index (κ1) is 16.9. The molecule has 0 aromatic carbocycles. The van der Waals surface area contributed by atoms with Gasteiger partial charge in [0, 0.05) is 19.2 Å². The van der Waals surface area contributed by atoms with Crippen molar-refractivity contribution >= 4 is 5.91 Å². The van der Waals surface area contributed by atoms with E-state index in [-0.39, 0.29) is 36.1 Å². The van der Waals surface area contributed by atoms with Crippen molar-refractivity contribution in [1.82, 2.24) is 19.7 Å². The number of alkyl halides is 3. The number of nitrogens with zero attached hydrogens (tertiary/aromatic N) is 4. The van der Waals surface area contributed by atoms with Gasteiger partial charge in [-0.15, -0.1) is 0 Å². The lowest BCUT2D eigenvalue weighted by molar-refractivity contribution is -0.141. The topological polar surface area (TPSA) is 77.3 Å². The standard InChI is InChI=1S/C15H13F3N4O3/c1-21-13(23)6-5-10(20-21)14(24)22-7-9(8-22)25-12-4-2-3-11(19-12)15(16,17)18/h2-6,9H,7-8H2,1H3. The van der Waals surface area contributed by atoms with E-state index in [4.69, 9.17) is 4.74 Å². The summed E-state index contributed by atoms with van der Waals surface area (Å²) in [5.41, 5.74) is -1.26. The molecule has 0 aliphatic carbocycles. The minimum Gasteiger partial charge on any atom is -0.471 e. The molecule has 1 fully saturated rings. The number of aromatic nitrogens is 3. The van der Waals surface area contributed by atoms with Crippen LogP contribution in [0, 0.1) is 0 Å². The maximum atomic E-state index is 12.6. The molecule has 0 N–H and O–H groups in total. The predicted molar refractivity (Wildman–Crippen MR) is 79.0 cm³/mol. The summed E-state index contributed by atoms with van der Waals surface area (Å²) in [5.74, 6) is -0.528. The molecule has 2 aromatic rings. The van der Waals surface area contributed by atoms with Crippen LogP contribution < -0.4 is 10.3 Å². The Morgan fingerprint density at radius 2 is 1.96 bits per heavy atom. The van der Waals surface area contributed by atoms with Crippen LogP contribution in [0.1, 0.15) is 16.2 Å². The van der Waals surface area contributed by atoms with E-state index in [1.807, 2.05) is 0 Å². The highest BCUT2D eigenvalue weighted by Crippen LogP contribution is 2.29. The van der Waals surface area contributed by atoms with E-state index in [9.17, 15) is 22.8 Å². The Kier molecular flexibility index (Phi) is 4.19. The van der Waals surface area contributed by atoms with Crippen molar-refractivity contribution in [2.75, 3.05) is 13.1 Å².